The SMILES string of the molecule is COc1ccnc([C@H](C)N2CCc3c(cc(CBr)cc3-c3cnccc3C)C2=O)c1. The smallest absolute Gasteiger partial charge is 0.254 e. The number of nitrogens with zero attached hydrogens (tertiary/aromatic N) is 3. The first kappa shape index (κ1) is 20.5. The number of hydrogen-bond acceptors (Lipinski definition) is 4. The number of ether oxygens (including phenoxy) is 1. The molecule has 3 heterocycles. The number of alkyl halides is 1. The van der Waals surface area contributed by atoms with E-state index in [0.717, 1.165) is 51.2 Å². The molecule has 1 amide bonds. The van der Waals surface area contributed by atoms with Crippen LogP contribution in [0, 0.1) is 6.92 Å². The van der Waals surface area contributed by atoms with Crippen molar-refractivity contribution in [3.8, 4) is 16.9 Å². The quantitative estimate of drug-likeness (QED) is 0.490. The molecule has 6 heteroatoms. The van der Waals surface area contributed by atoms with Crippen molar-refractivity contribution in [2.75, 3.05) is 13.7 Å². The molecule has 0 radical (unpaired) electrons. The summed E-state index contributed by atoms with van der Waals surface area (Å²) in [6.45, 7) is 4.74. The van der Waals surface area contributed by atoms with E-state index in [2.05, 4.69) is 38.9 Å². The third-order valence-electron chi connectivity index (χ3n) is 5.77. The van der Waals surface area contributed by atoms with Crippen molar-refractivity contribution in [2.24, 2.45) is 0 Å². The van der Waals surface area contributed by atoms with E-state index >= 15 is 0 Å². The number of rotatable bonds is 5. The van der Waals surface area contributed by atoms with Gasteiger partial charge in [-0.15, -0.1) is 0 Å². The Bertz CT molecular complexity index is 1100. The first-order valence-corrected chi connectivity index (χ1v) is 11.1. The van der Waals surface area contributed by atoms with E-state index in [0.29, 0.717) is 11.9 Å². The van der Waals surface area contributed by atoms with Gasteiger partial charge in [0.1, 0.15) is 5.75 Å². The number of methoxy groups -OCH3 is 1. The van der Waals surface area contributed by atoms with Gasteiger partial charge < -0.3 is 9.64 Å². The molecule has 0 spiro atoms. The Labute approximate surface area is 185 Å². The number of aryl methyl sites for hydroxylation is 1. The average molecular weight is 466 g/mol. The largest absolute Gasteiger partial charge is 0.497 e. The molecule has 0 saturated heterocycles. The average Bonchev–Trinajstić information content (AvgIpc) is 2.79. The predicted octanol–water partition coefficient (Wildman–Crippen LogP) is 5.12. The van der Waals surface area contributed by atoms with Crippen LogP contribution in [0.1, 0.15) is 45.7 Å². The summed E-state index contributed by atoms with van der Waals surface area (Å²) < 4.78 is 5.33. The van der Waals surface area contributed by atoms with Gasteiger partial charge in [-0.2, -0.15) is 0 Å². The van der Waals surface area contributed by atoms with E-state index in [9.17, 15) is 4.79 Å². The third kappa shape index (κ3) is 3.72. The van der Waals surface area contributed by atoms with Crippen LogP contribution in [0.4, 0.5) is 0 Å². The molecule has 0 N–H and O–H groups in total. The molecule has 0 bridgehead atoms. The highest BCUT2D eigenvalue weighted by molar-refractivity contribution is 9.08. The number of carbonyl (C=O) groups excluding carboxylic acids is 1. The van der Waals surface area contributed by atoms with Crippen LogP contribution >= 0.6 is 15.9 Å². The molecule has 1 aromatic carbocycles. The lowest BCUT2D eigenvalue weighted by atomic mass is 9.87. The number of pyridine rings is 2. The van der Waals surface area contributed by atoms with Gasteiger partial charge in [0.05, 0.1) is 18.8 Å². The van der Waals surface area contributed by atoms with Crippen molar-refractivity contribution in [1.82, 2.24) is 14.9 Å². The van der Waals surface area contributed by atoms with Crippen LogP contribution in [0.25, 0.3) is 11.1 Å². The molecule has 1 atom stereocenters. The number of hydrogen-bond donors (Lipinski definition) is 0. The number of carbonyl (C=O) groups is 1. The fraction of sp³-hybridized carbons (Fsp3) is 0.292. The van der Waals surface area contributed by atoms with Crippen molar-refractivity contribution in [1.29, 1.82) is 0 Å². The van der Waals surface area contributed by atoms with Crippen molar-refractivity contribution >= 4 is 21.8 Å². The Hall–Kier alpha value is -2.73. The Morgan fingerprint density at radius 3 is 2.70 bits per heavy atom. The van der Waals surface area contributed by atoms with Gasteiger partial charge in [-0.1, -0.05) is 15.9 Å². The van der Waals surface area contributed by atoms with Crippen LogP contribution in [-0.2, 0) is 11.8 Å². The van der Waals surface area contributed by atoms with Gasteiger partial charge in [-0.3, -0.25) is 14.8 Å². The van der Waals surface area contributed by atoms with Crippen LogP contribution < -0.4 is 4.74 Å². The molecule has 0 unspecified atom stereocenters. The molecule has 30 heavy (non-hydrogen) atoms. The molecule has 4 rings (SSSR count). The topological polar surface area (TPSA) is 55.3 Å². The number of aromatic nitrogens is 2. The minimum absolute atomic E-state index is 0.0407. The summed E-state index contributed by atoms with van der Waals surface area (Å²) in [5.74, 6) is 0.784. The summed E-state index contributed by atoms with van der Waals surface area (Å²) in [7, 11) is 1.63. The maximum absolute atomic E-state index is 13.6. The van der Waals surface area contributed by atoms with Gasteiger partial charge in [0.15, 0.2) is 0 Å². The molecule has 0 aliphatic carbocycles. The van der Waals surface area contributed by atoms with Crippen LogP contribution in [0.3, 0.4) is 0 Å². The van der Waals surface area contributed by atoms with E-state index < -0.39 is 0 Å². The Morgan fingerprint density at radius 2 is 1.97 bits per heavy atom. The molecule has 0 fully saturated rings. The summed E-state index contributed by atoms with van der Waals surface area (Å²) >= 11 is 3.56. The van der Waals surface area contributed by atoms with Crippen LogP contribution in [0.5, 0.6) is 5.75 Å². The van der Waals surface area contributed by atoms with E-state index in [1.165, 1.54) is 0 Å². The normalized spacial score (nSPS) is 14.4. The van der Waals surface area contributed by atoms with Crippen molar-refractivity contribution in [2.45, 2.75) is 31.6 Å². The minimum atomic E-state index is -0.142. The summed E-state index contributed by atoms with van der Waals surface area (Å²) in [4.78, 5) is 24.3. The van der Waals surface area contributed by atoms with Crippen LogP contribution in [0.15, 0.2) is 48.9 Å². The van der Waals surface area contributed by atoms with Crippen LogP contribution in [-0.4, -0.2) is 34.4 Å². The first-order chi connectivity index (χ1) is 14.5. The lowest BCUT2D eigenvalue weighted by Gasteiger charge is -2.34. The summed E-state index contributed by atoms with van der Waals surface area (Å²) in [5, 5.41) is 0.687. The highest BCUT2D eigenvalue weighted by Gasteiger charge is 2.31. The molecule has 1 aliphatic heterocycles. The van der Waals surface area contributed by atoms with Gasteiger partial charge in [0, 0.05) is 47.7 Å². The van der Waals surface area contributed by atoms with Crippen molar-refractivity contribution < 1.29 is 9.53 Å². The summed E-state index contributed by atoms with van der Waals surface area (Å²) in [5.41, 5.74) is 7.12. The highest BCUT2D eigenvalue weighted by Crippen LogP contribution is 2.36. The molecule has 5 nitrogen and oxygen atoms in total. The summed E-state index contributed by atoms with van der Waals surface area (Å²) in [6, 6.07) is 9.77. The molecular weight excluding hydrogens is 442 g/mol. The molecule has 2 aromatic heterocycles. The predicted molar refractivity (Wildman–Crippen MR) is 121 cm³/mol. The fourth-order valence-corrected chi connectivity index (χ4v) is 4.38. The zero-order valence-electron chi connectivity index (χ0n) is 17.4. The number of fused-ring (bicyclic) bond motifs is 1. The number of halogens is 1. The zero-order valence-corrected chi connectivity index (χ0v) is 18.9. The third-order valence-corrected chi connectivity index (χ3v) is 6.42. The Kier molecular flexibility index (Phi) is 5.86. The maximum atomic E-state index is 13.6. The van der Waals surface area contributed by atoms with Crippen molar-refractivity contribution in [3.05, 3.63) is 76.9 Å². The molecular formula is C24H24BrN3O2. The second kappa shape index (κ2) is 8.56. The van der Waals surface area contributed by atoms with Gasteiger partial charge in [-0.05, 0) is 66.8 Å². The van der Waals surface area contributed by atoms with E-state index in [4.69, 9.17) is 4.74 Å². The Morgan fingerprint density at radius 1 is 1.17 bits per heavy atom. The lowest BCUT2D eigenvalue weighted by Crippen LogP contribution is -2.40. The second-order valence-electron chi connectivity index (χ2n) is 7.54. The van der Waals surface area contributed by atoms with Crippen molar-refractivity contribution in [3.63, 3.8) is 0 Å². The lowest BCUT2D eigenvalue weighted by molar-refractivity contribution is 0.0669. The minimum Gasteiger partial charge on any atom is -0.497 e. The maximum Gasteiger partial charge on any atom is 0.254 e. The summed E-state index contributed by atoms with van der Waals surface area (Å²) in [6.07, 6.45) is 6.21. The monoisotopic (exact) mass is 465 g/mol. The van der Waals surface area contributed by atoms with Gasteiger partial charge >= 0.3 is 0 Å². The second-order valence-corrected chi connectivity index (χ2v) is 8.10. The van der Waals surface area contributed by atoms with Crippen LogP contribution in [0.2, 0.25) is 0 Å². The molecule has 1 aliphatic rings. The highest BCUT2D eigenvalue weighted by atomic mass is 79.9. The first-order valence-electron chi connectivity index (χ1n) is 9.97. The number of amides is 1. The fourth-order valence-electron chi connectivity index (χ4n) is 4.06. The zero-order chi connectivity index (χ0) is 21.3. The standard InChI is InChI=1S/C24H24BrN3O2/c1-15-4-7-26-14-22(15)20-10-17(13-25)11-21-19(20)6-9-28(24(21)29)16(2)23-12-18(30-3)5-8-27-23/h4-5,7-8,10-12,14,16H,6,9,13H2,1-3H3/t16-/m0/s1. The molecule has 0 saturated carbocycles. The van der Waals surface area contributed by atoms with Gasteiger partial charge in [0.2, 0.25) is 0 Å². The molecule has 154 valence electrons. The van der Waals surface area contributed by atoms with E-state index in [1.54, 1.807) is 19.5 Å². The Balaban J connectivity index is 1.76. The van der Waals surface area contributed by atoms with Gasteiger partial charge in [-0.25, -0.2) is 0 Å². The van der Waals surface area contributed by atoms with Gasteiger partial charge in [0.25, 0.3) is 5.91 Å². The molecule has 3 aromatic rings. The van der Waals surface area contributed by atoms with E-state index in [-0.39, 0.29) is 11.9 Å². The number of benzene rings is 1. The van der Waals surface area contributed by atoms with E-state index in [1.807, 2.05) is 42.3 Å².